The predicted octanol–water partition coefficient (Wildman–Crippen LogP) is 0.295. The zero-order chi connectivity index (χ0) is 12.5. The van der Waals surface area contributed by atoms with Crippen LogP contribution in [0.5, 0.6) is 0 Å². The van der Waals surface area contributed by atoms with Crippen LogP contribution in [0, 0.1) is 0 Å². The Bertz CT molecular complexity index is 480. The van der Waals surface area contributed by atoms with Crippen LogP contribution in [0.1, 0.15) is 12.8 Å². The second-order valence-corrected chi connectivity index (χ2v) is 5.75. The maximum Gasteiger partial charge on any atom is 0.238 e. The summed E-state index contributed by atoms with van der Waals surface area (Å²) in [6.45, 7) is 0.660. The first-order chi connectivity index (χ1) is 8.02. The Morgan fingerprint density at radius 2 is 1.88 bits per heavy atom. The van der Waals surface area contributed by atoms with Crippen molar-refractivity contribution in [2.24, 2.45) is 5.14 Å². The van der Waals surface area contributed by atoms with Crippen LogP contribution in [0.3, 0.4) is 0 Å². The Kier molecular flexibility index (Phi) is 3.37. The van der Waals surface area contributed by atoms with Crippen LogP contribution < -0.4 is 10.0 Å². The topological polar surface area (TPSA) is 83.6 Å². The van der Waals surface area contributed by atoms with Gasteiger partial charge in [-0.3, -0.25) is 0 Å². The molecule has 0 saturated heterocycles. The first-order valence-electron chi connectivity index (χ1n) is 5.53. The van der Waals surface area contributed by atoms with Crippen LogP contribution in [0.2, 0.25) is 0 Å². The number of aliphatic hydroxyl groups excluding tert-OH is 1. The van der Waals surface area contributed by atoms with E-state index < -0.39 is 10.0 Å². The van der Waals surface area contributed by atoms with Gasteiger partial charge in [-0.1, -0.05) is 0 Å². The molecule has 1 aliphatic rings. The van der Waals surface area contributed by atoms with Crippen molar-refractivity contribution in [3.8, 4) is 0 Å². The molecule has 0 radical (unpaired) electrons. The zero-order valence-corrected chi connectivity index (χ0v) is 10.2. The lowest BCUT2D eigenvalue weighted by Gasteiger charge is -2.23. The number of anilines is 1. The van der Waals surface area contributed by atoms with Crippen LogP contribution in [-0.2, 0) is 10.0 Å². The van der Waals surface area contributed by atoms with Gasteiger partial charge in [0, 0.05) is 18.3 Å². The second-order valence-electron chi connectivity index (χ2n) is 4.19. The SMILES string of the molecule is NS(=O)(=O)c1ccc(N(CCO)C2CC2)cc1. The van der Waals surface area contributed by atoms with Gasteiger partial charge in [0.1, 0.15) is 0 Å². The monoisotopic (exact) mass is 256 g/mol. The smallest absolute Gasteiger partial charge is 0.238 e. The molecule has 2 rings (SSSR count). The molecule has 0 atom stereocenters. The molecule has 1 aliphatic carbocycles. The molecule has 17 heavy (non-hydrogen) atoms. The van der Waals surface area contributed by atoms with E-state index in [0.717, 1.165) is 18.5 Å². The van der Waals surface area contributed by atoms with E-state index in [1.54, 1.807) is 12.1 Å². The predicted molar refractivity (Wildman–Crippen MR) is 65.3 cm³/mol. The number of rotatable bonds is 5. The molecular formula is C11H16N2O3S. The van der Waals surface area contributed by atoms with Gasteiger partial charge in [0.05, 0.1) is 11.5 Å². The summed E-state index contributed by atoms with van der Waals surface area (Å²) in [7, 11) is -3.63. The quantitative estimate of drug-likeness (QED) is 0.793. The highest BCUT2D eigenvalue weighted by Crippen LogP contribution is 2.31. The Hall–Kier alpha value is -1.11. The van der Waals surface area contributed by atoms with Crippen LogP contribution in [-0.4, -0.2) is 32.7 Å². The summed E-state index contributed by atoms with van der Waals surface area (Å²) in [4.78, 5) is 2.20. The molecule has 94 valence electrons. The highest BCUT2D eigenvalue weighted by Gasteiger charge is 2.28. The lowest BCUT2D eigenvalue weighted by molar-refractivity contribution is 0.301. The van der Waals surface area contributed by atoms with E-state index >= 15 is 0 Å². The van der Waals surface area contributed by atoms with Gasteiger partial charge >= 0.3 is 0 Å². The van der Waals surface area contributed by atoms with Crippen molar-refractivity contribution >= 4 is 15.7 Å². The minimum Gasteiger partial charge on any atom is -0.395 e. The average Bonchev–Trinajstić information content (AvgIpc) is 3.09. The molecule has 3 N–H and O–H groups in total. The lowest BCUT2D eigenvalue weighted by Crippen LogP contribution is -2.28. The normalized spacial score (nSPS) is 15.9. The third-order valence-corrected chi connectivity index (χ3v) is 3.75. The highest BCUT2D eigenvalue weighted by atomic mass is 32.2. The van der Waals surface area contributed by atoms with Gasteiger partial charge in [0.2, 0.25) is 10.0 Å². The fraction of sp³-hybridized carbons (Fsp3) is 0.455. The molecular weight excluding hydrogens is 240 g/mol. The third kappa shape index (κ3) is 2.96. The minimum absolute atomic E-state index is 0.0907. The maximum absolute atomic E-state index is 11.1. The molecule has 1 fully saturated rings. The van der Waals surface area contributed by atoms with E-state index in [1.165, 1.54) is 12.1 Å². The lowest BCUT2D eigenvalue weighted by atomic mass is 10.3. The molecule has 6 heteroatoms. The Morgan fingerprint density at radius 1 is 1.29 bits per heavy atom. The molecule has 0 amide bonds. The number of hydrogen-bond donors (Lipinski definition) is 2. The molecule has 5 nitrogen and oxygen atoms in total. The summed E-state index contributed by atoms with van der Waals surface area (Å²) in [5.41, 5.74) is 0.925. The number of nitrogens with zero attached hydrogens (tertiary/aromatic N) is 1. The standard InChI is InChI=1S/C11H16N2O3S/c12-17(15,16)11-5-3-10(4-6-11)13(7-8-14)9-1-2-9/h3-6,9,14H,1-2,7-8H2,(H2,12,15,16). The Labute approximate surface area is 101 Å². The zero-order valence-electron chi connectivity index (χ0n) is 9.41. The fourth-order valence-electron chi connectivity index (χ4n) is 1.84. The van der Waals surface area contributed by atoms with Crippen molar-refractivity contribution in [1.29, 1.82) is 0 Å². The number of benzene rings is 1. The number of hydrogen-bond acceptors (Lipinski definition) is 4. The minimum atomic E-state index is -3.63. The molecule has 0 aromatic heterocycles. The number of aliphatic hydroxyl groups is 1. The molecule has 0 bridgehead atoms. The summed E-state index contributed by atoms with van der Waals surface area (Å²) in [6.07, 6.45) is 2.24. The van der Waals surface area contributed by atoms with Gasteiger partial charge in [-0.15, -0.1) is 0 Å². The van der Waals surface area contributed by atoms with Crippen LogP contribution in [0.15, 0.2) is 29.2 Å². The summed E-state index contributed by atoms with van der Waals surface area (Å²) >= 11 is 0. The van der Waals surface area contributed by atoms with E-state index in [0.29, 0.717) is 12.6 Å². The Morgan fingerprint density at radius 3 is 2.29 bits per heavy atom. The van der Waals surface area contributed by atoms with E-state index in [2.05, 4.69) is 4.90 Å². The van der Waals surface area contributed by atoms with Crippen molar-refractivity contribution in [3.05, 3.63) is 24.3 Å². The fourth-order valence-corrected chi connectivity index (χ4v) is 2.36. The van der Waals surface area contributed by atoms with Crippen molar-refractivity contribution in [1.82, 2.24) is 0 Å². The van der Waals surface area contributed by atoms with E-state index in [-0.39, 0.29) is 11.5 Å². The average molecular weight is 256 g/mol. The van der Waals surface area contributed by atoms with E-state index in [4.69, 9.17) is 10.2 Å². The maximum atomic E-state index is 11.1. The first kappa shape index (κ1) is 12.3. The first-order valence-corrected chi connectivity index (χ1v) is 7.07. The Balaban J connectivity index is 2.21. The largest absolute Gasteiger partial charge is 0.395 e. The van der Waals surface area contributed by atoms with Crippen molar-refractivity contribution < 1.29 is 13.5 Å². The molecule has 1 aromatic carbocycles. The number of primary sulfonamides is 1. The summed E-state index contributed by atoms with van der Waals surface area (Å²) in [6, 6.07) is 6.93. The molecule has 0 unspecified atom stereocenters. The highest BCUT2D eigenvalue weighted by molar-refractivity contribution is 7.89. The van der Waals surface area contributed by atoms with Gasteiger partial charge < -0.3 is 10.0 Å². The molecule has 0 aliphatic heterocycles. The number of sulfonamides is 1. The summed E-state index contributed by atoms with van der Waals surface area (Å²) < 4.78 is 22.2. The number of nitrogens with two attached hydrogens (primary N) is 1. The van der Waals surface area contributed by atoms with Crippen molar-refractivity contribution in [2.75, 3.05) is 18.1 Å². The third-order valence-electron chi connectivity index (χ3n) is 2.83. The molecule has 1 saturated carbocycles. The van der Waals surface area contributed by atoms with E-state index in [1.807, 2.05) is 0 Å². The van der Waals surface area contributed by atoms with Crippen LogP contribution in [0.4, 0.5) is 5.69 Å². The molecule has 1 aromatic rings. The van der Waals surface area contributed by atoms with Crippen molar-refractivity contribution in [2.45, 2.75) is 23.8 Å². The van der Waals surface area contributed by atoms with Crippen LogP contribution in [0.25, 0.3) is 0 Å². The molecule has 0 spiro atoms. The summed E-state index contributed by atoms with van der Waals surface area (Å²) in [5, 5.41) is 14.0. The van der Waals surface area contributed by atoms with E-state index in [9.17, 15) is 8.42 Å². The van der Waals surface area contributed by atoms with Gasteiger partial charge in [0.15, 0.2) is 0 Å². The second kappa shape index (κ2) is 4.64. The van der Waals surface area contributed by atoms with Gasteiger partial charge in [-0.05, 0) is 37.1 Å². The van der Waals surface area contributed by atoms with Crippen molar-refractivity contribution in [3.63, 3.8) is 0 Å². The van der Waals surface area contributed by atoms with Gasteiger partial charge in [-0.2, -0.15) is 0 Å². The summed E-state index contributed by atoms with van der Waals surface area (Å²) in [5.74, 6) is 0. The van der Waals surface area contributed by atoms with Gasteiger partial charge in [0.25, 0.3) is 0 Å². The van der Waals surface area contributed by atoms with Gasteiger partial charge in [-0.25, -0.2) is 13.6 Å². The van der Waals surface area contributed by atoms with Crippen LogP contribution >= 0.6 is 0 Å². The molecule has 0 heterocycles.